The maximum Gasteiger partial charge on any atom is 0.276 e. The van der Waals surface area contributed by atoms with Gasteiger partial charge in [0.05, 0.1) is 11.4 Å². The minimum absolute atomic E-state index is 0.0653. The van der Waals surface area contributed by atoms with E-state index in [2.05, 4.69) is 15.3 Å². The number of nitrogens with one attached hydrogen (secondary N) is 1. The number of hydrogen-bond acceptors (Lipinski definition) is 4. The highest BCUT2D eigenvalue weighted by Gasteiger charge is 2.20. The van der Waals surface area contributed by atoms with Gasteiger partial charge in [-0.3, -0.25) is 9.59 Å². The molecule has 0 unspecified atom stereocenters. The highest BCUT2D eigenvalue weighted by atomic mass is 16.2. The van der Waals surface area contributed by atoms with Crippen LogP contribution in [0.3, 0.4) is 0 Å². The van der Waals surface area contributed by atoms with Crippen molar-refractivity contribution >= 4 is 17.5 Å². The topological polar surface area (TPSA) is 98.0 Å². The lowest BCUT2D eigenvalue weighted by atomic mass is 10.2. The van der Waals surface area contributed by atoms with Crippen LogP contribution in [0.2, 0.25) is 0 Å². The van der Waals surface area contributed by atoms with Crippen LogP contribution in [-0.2, 0) is 0 Å². The van der Waals surface area contributed by atoms with Gasteiger partial charge in [-0.1, -0.05) is 18.2 Å². The Bertz CT molecular complexity index is 668. The molecule has 102 valence electrons. The molecule has 0 aliphatic carbocycles. The lowest BCUT2D eigenvalue weighted by Gasteiger charge is -2.09. The van der Waals surface area contributed by atoms with Crippen LogP contribution in [0.1, 0.15) is 32.4 Å². The first-order valence-electron chi connectivity index (χ1n) is 6.00. The summed E-state index contributed by atoms with van der Waals surface area (Å²) < 4.78 is 0. The van der Waals surface area contributed by atoms with Crippen LogP contribution in [0, 0.1) is 13.8 Å². The number of aryl methyl sites for hydroxylation is 2. The third-order valence-electron chi connectivity index (χ3n) is 2.79. The summed E-state index contributed by atoms with van der Waals surface area (Å²) in [4.78, 5) is 31.7. The second-order valence-electron chi connectivity index (χ2n) is 4.28. The highest BCUT2D eigenvalue weighted by molar-refractivity contribution is 6.09. The van der Waals surface area contributed by atoms with Crippen molar-refractivity contribution < 1.29 is 9.59 Å². The molecule has 1 aromatic heterocycles. The average Bonchev–Trinajstić information content (AvgIpc) is 2.42. The number of primary amides is 1. The maximum absolute atomic E-state index is 12.2. The van der Waals surface area contributed by atoms with Crippen molar-refractivity contribution in [1.29, 1.82) is 0 Å². The molecule has 0 fully saturated rings. The summed E-state index contributed by atoms with van der Waals surface area (Å²) >= 11 is 0. The standard InChI is InChI=1S/C14H14N4O2/c1-8-9(2)17-12(11(16-8)13(15)19)14(20)18-10-6-4-3-5-7-10/h3-7H,1-2H3,(H2,15,19)(H,18,20). The minimum Gasteiger partial charge on any atom is -0.364 e. The smallest absolute Gasteiger partial charge is 0.276 e. The number of anilines is 1. The Morgan fingerprint density at radius 2 is 1.55 bits per heavy atom. The van der Waals surface area contributed by atoms with Gasteiger partial charge in [-0.15, -0.1) is 0 Å². The van der Waals surface area contributed by atoms with E-state index in [9.17, 15) is 9.59 Å². The lowest BCUT2D eigenvalue weighted by molar-refractivity contribution is 0.0969. The molecular formula is C14H14N4O2. The third kappa shape index (κ3) is 2.80. The molecule has 20 heavy (non-hydrogen) atoms. The van der Waals surface area contributed by atoms with Crippen molar-refractivity contribution in [1.82, 2.24) is 9.97 Å². The number of benzene rings is 1. The van der Waals surface area contributed by atoms with Crippen LogP contribution < -0.4 is 11.1 Å². The molecule has 6 heteroatoms. The van der Waals surface area contributed by atoms with Crippen LogP contribution in [0.4, 0.5) is 5.69 Å². The molecule has 0 atom stereocenters. The second-order valence-corrected chi connectivity index (χ2v) is 4.28. The molecule has 6 nitrogen and oxygen atoms in total. The van der Waals surface area contributed by atoms with E-state index >= 15 is 0 Å². The normalized spacial score (nSPS) is 10.1. The Morgan fingerprint density at radius 3 is 2.10 bits per heavy atom. The third-order valence-corrected chi connectivity index (χ3v) is 2.79. The first kappa shape index (κ1) is 13.7. The predicted molar refractivity (Wildman–Crippen MR) is 74.4 cm³/mol. The van der Waals surface area contributed by atoms with Crippen molar-refractivity contribution in [2.24, 2.45) is 5.73 Å². The Morgan fingerprint density at radius 1 is 1.00 bits per heavy atom. The Labute approximate surface area is 116 Å². The first-order valence-corrected chi connectivity index (χ1v) is 6.00. The molecule has 3 N–H and O–H groups in total. The number of para-hydroxylation sites is 1. The van der Waals surface area contributed by atoms with Crippen LogP contribution in [-0.4, -0.2) is 21.8 Å². The van der Waals surface area contributed by atoms with E-state index in [1.165, 1.54) is 0 Å². The summed E-state index contributed by atoms with van der Waals surface area (Å²) in [6.45, 7) is 3.42. The molecule has 0 saturated heterocycles. The van der Waals surface area contributed by atoms with Gasteiger partial charge in [-0.25, -0.2) is 9.97 Å². The maximum atomic E-state index is 12.2. The second kappa shape index (κ2) is 5.48. The van der Waals surface area contributed by atoms with Gasteiger partial charge in [-0.2, -0.15) is 0 Å². The number of amides is 2. The number of aromatic nitrogens is 2. The van der Waals surface area contributed by atoms with E-state index in [1.54, 1.807) is 38.1 Å². The van der Waals surface area contributed by atoms with Crippen LogP contribution in [0.5, 0.6) is 0 Å². The van der Waals surface area contributed by atoms with E-state index in [1.807, 2.05) is 6.07 Å². The zero-order valence-corrected chi connectivity index (χ0v) is 11.2. The largest absolute Gasteiger partial charge is 0.364 e. The zero-order chi connectivity index (χ0) is 14.7. The number of hydrogen-bond donors (Lipinski definition) is 2. The van der Waals surface area contributed by atoms with E-state index in [0.717, 1.165) is 0 Å². The van der Waals surface area contributed by atoms with Crippen molar-refractivity contribution in [3.8, 4) is 0 Å². The fourth-order valence-electron chi connectivity index (χ4n) is 1.65. The van der Waals surface area contributed by atoms with Crippen LogP contribution >= 0.6 is 0 Å². The van der Waals surface area contributed by atoms with E-state index in [0.29, 0.717) is 17.1 Å². The number of rotatable bonds is 3. The number of nitrogens with two attached hydrogens (primary N) is 1. The molecule has 0 aliphatic rings. The number of carbonyl (C=O) groups is 2. The molecule has 0 saturated carbocycles. The monoisotopic (exact) mass is 270 g/mol. The predicted octanol–water partition coefficient (Wildman–Crippen LogP) is 1.44. The molecular weight excluding hydrogens is 256 g/mol. The minimum atomic E-state index is -0.779. The number of carbonyl (C=O) groups excluding carboxylic acids is 2. The molecule has 2 aromatic rings. The van der Waals surface area contributed by atoms with E-state index < -0.39 is 11.8 Å². The summed E-state index contributed by atoms with van der Waals surface area (Å²) in [5.41, 5.74) is 6.80. The zero-order valence-electron chi connectivity index (χ0n) is 11.2. The van der Waals surface area contributed by atoms with Gasteiger partial charge in [0.1, 0.15) is 0 Å². The van der Waals surface area contributed by atoms with Crippen LogP contribution in [0.25, 0.3) is 0 Å². The summed E-state index contributed by atoms with van der Waals surface area (Å²) in [6, 6.07) is 8.88. The van der Waals surface area contributed by atoms with Gasteiger partial charge in [-0.05, 0) is 26.0 Å². The van der Waals surface area contributed by atoms with Crippen molar-refractivity contribution in [2.45, 2.75) is 13.8 Å². The van der Waals surface area contributed by atoms with Gasteiger partial charge in [0.15, 0.2) is 11.4 Å². The molecule has 0 aliphatic heterocycles. The van der Waals surface area contributed by atoms with Gasteiger partial charge in [0.25, 0.3) is 11.8 Å². The van der Waals surface area contributed by atoms with Gasteiger partial charge in [0.2, 0.25) is 0 Å². The average molecular weight is 270 g/mol. The van der Waals surface area contributed by atoms with Crippen LogP contribution in [0.15, 0.2) is 30.3 Å². The first-order chi connectivity index (χ1) is 9.49. The quantitative estimate of drug-likeness (QED) is 0.881. The lowest BCUT2D eigenvalue weighted by Crippen LogP contribution is -2.24. The van der Waals surface area contributed by atoms with Gasteiger partial charge >= 0.3 is 0 Å². The Hall–Kier alpha value is -2.76. The summed E-state index contributed by atoms with van der Waals surface area (Å²) in [6.07, 6.45) is 0. The molecule has 0 radical (unpaired) electrons. The summed E-state index contributed by atoms with van der Waals surface area (Å²) in [5.74, 6) is -1.29. The summed E-state index contributed by atoms with van der Waals surface area (Å²) in [5, 5.41) is 2.65. The fraction of sp³-hybridized carbons (Fsp3) is 0.143. The van der Waals surface area contributed by atoms with Gasteiger partial charge < -0.3 is 11.1 Å². The van der Waals surface area contributed by atoms with Crippen molar-refractivity contribution in [3.63, 3.8) is 0 Å². The van der Waals surface area contributed by atoms with Gasteiger partial charge in [0, 0.05) is 5.69 Å². The molecule has 1 heterocycles. The van der Waals surface area contributed by atoms with Crippen molar-refractivity contribution in [2.75, 3.05) is 5.32 Å². The molecule has 1 aromatic carbocycles. The van der Waals surface area contributed by atoms with E-state index in [-0.39, 0.29) is 11.4 Å². The molecule has 2 amide bonds. The van der Waals surface area contributed by atoms with Crippen molar-refractivity contribution in [3.05, 3.63) is 53.1 Å². The number of nitrogens with zero attached hydrogens (tertiary/aromatic N) is 2. The highest BCUT2D eigenvalue weighted by Crippen LogP contribution is 2.11. The molecule has 0 spiro atoms. The summed E-state index contributed by atoms with van der Waals surface area (Å²) in [7, 11) is 0. The Kier molecular flexibility index (Phi) is 3.74. The SMILES string of the molecule is Cc1nc(C(N)=O)c(C(=O)Nc2ccccc2)nc1C. The molecule has 2 rings (SSSR count). The Balaban J connectivity index is 2.39. The van der Waals surface area contributed by atoms with E-state index in [4.69, 9.17) is 5.73 Å². The molecule has 0 bridgehead atoms. The fourth-order valence-corrected chi connectivity index (χ4v) is 1.65.